The molecule has 1 aromatic rings. The second-order valence-corrected chi connectivity index (χ2v) is 12.1. The Morgan fingerprint density at radius 1 is 1.18 bits per heavy atom. The number of amides is 2. The van der Waals surface area contributed by atoms with Gasteiger partial charge in [-0.2, -0.15) is 0 Å². The van der Waals surface area contributed by atoms with E-state index in [1.807, 2.05) is 11.9 Å². The molecule has 3 fully saturated rings. The van der Waals surface area contributed by atoms with Gasteiger partial charge in [0.25, 0.3) is 0 Å². The van der Waals surface area contributed by atoms with Gasteiger partial charge < -0.3 is 10.2 Å². The third-order valence-electron chi connectivity index (χ3n) is 10.2. The molecule has 4 aliphatic rings. The van der Waals surface area contributed by atoms with Crippen LogP contribution in [0.5, 0.6) is 0 Å². The highest BCUT2D eigenvalue weighted by molar-refractivity contribution is 6.30. The maximum atomic E-state index is 13.4. The lowest BCUT2D eigenvalue weighted by molar-refractivity contribution is -0.139. The highest BCUT2D eigenvalue weighted by atomic mass is 35.5. The van der Waals surface area contributed by atoms with E-state index in [-0.39, 0.29) is 27.7 Å². The van der Waals surface area contributed by atoms with Crippen molar-refractivity contribution in [3.05, 3.63) is 46.8 Å². The summed E-state index contributed by atoms with van der Waals surface area (Å²) in [7, 11) is 1.96. The van der Waals surface area contributed by atoms with Crippen LogP contribution in [0.15, 0.2) is 30.4 Å². The SMILES string of the molecule is CN1C(=O)C=C[C@]2(C)C3CC[C@@]4(C)C(CC[C@@H]4CC(=O)NCc4ccc(F)c(Cl)c4)C3CCC12. The van der Waals surface area contributed by atoms with E-state index in [2.05, 4.69) is 25.2 Å². The lowest BCUT2D eigenvalue weighted by Crippen LogP contribution is -2.59. The highest BCUT2D eigenvalue weighted by Crippen LogP contribution is 2.65. The van der Waals surface area contributed by atoms with Crippen molar-refractivity contribution in [3.8, 4) is 0 Å². The summed E-state index contributed by atoms with van der Waals surface area (Å²) in [6, 6.07) is 4.89. The van der Waals surface area contributed by atoms with Gasteiger partial charge in [-0.3, -0.25) is 9.59 Å². The van der Waals surface area contributed by atoms with Gasteiger partial charge in [0.05, 0.1) is 5.02 Å². The normalized spacial score (nSPS) is 38.8. The number of benzene rings is 1. The molecule has 1 N–H and O–H groups in total. The van der Waals surface area contributed by atoms with E-state index < -0.39 is 5.82 Å². The summed E-state index contributed by atoms with van der Waals surface area (Å²) >= 11 is 5.87. The predicted molar refractivity (Wildman–Crippen MR) is 131 cm³/mol. The number of hydrogen-bond acceptors (Lipinski definition) is 2. The lowest BCUT2D eigenvalue weighted by Gasteiger charge is -2.60. The fraction of sp³-hybridized carbons (Fsp3) is 0.643. The van der Waals surface area contributed by atoms with E-state index in [9.17, 15) is 14.0 Å². The van der Waals surface area contributed by atoms with E-state index in [0.29, 0.717) is 42.7 Å². The molecule has 2 amide bonds. The van der Waals surface area contributed by atoms with Crippen LogP contribution < -0.4 is 5.32 Å². The van der Waals surface area contributed by atoms with Gasteiger partial charge in [0.15, 0.2) is 0 Å². The smallest absolute Gasteiger partial charge is 0.246 e. The Labute approximate surface area is 207 Å². The lowest BCUT2D eigenvalue weighted by atomic mass is 9.47. The molecule has 1 aliphatic heterocycles. The number of carbonyl (C=O) groups is 2. The van der Waals surface area contributed by atoms with Gasteiger partial charge in [-0.1, -0.05) is 37.6 Å². The van der Waals surface area contributed by atoms with Crippen molar-refractivity contribution in [1.82, 2.24) is 10.2 Å². The number of fused-ring (bicyclic) bond motifs is 5. The first-order valence-electron chi connectivity index (χ1n) is 12.8. The molecule has 3 saturated carbocycles. The molecule has 0 bridgehead atoms. The first-order valence-corrected chi connectivity index (χ1v) is 13.2. The van der Waals surface area contributed by atoms with E-state index >= 15 is 0 Å². The minimum atomic E-state index is -0.442. The van der Waals surface area contributed by atoms with Crippen molar-refractivity contribution in [2.24, 2.45) is 34.5 Å². The summed E-state index contributed by atoms with van der Waals surface area (Å²) < 4.78 is 13.4. The van der Waals surface area contributed by atoms with Gasteiger partial charge in [-0.25, -0.2) is 4.39 Å². The molecule has 0 radical (unpaired) electrons. The Kier molecular flexibility index (Phi) is 6.07. The average molecular weight is 487 g/mol. The van der Waals surface area contributed by atoms with Crippen LogP contribution in [0.3, 0.4) is 0 Å². The Bertz CT molecular complexity index is 1030. The van der Waals surface area contributed by atoms with E-state index in [1.165, 1.54) is 25.3 Å². The second kappa shape index (κ2) is 8.65. The third-order valence-corrected chi connectivity index (χ3v) is 10.5. The van der Waals surface area contributed by atoms with Crippen molar-refractivity contribution in [2.75, 3.05) is 7.05 Å². The summed E-state index contributed by atoms with van der Waals surface area (Å²) in [4.78, 5) is 27.1. The van der Waals surface area contributed by atoms with Crippen LogP contribution in [0.25, 0.3) is 0 Å². The number of carbonyl (C=O) groups excluding carboxylic acids is 2. The molecule has 0 saturated heterocycles. The van der Waals surface area contributed by atoms with Crippen molar-refractivity contribution in [2.45, 2.75) is 71.4 Å². The van der Waals surface area contributed by atoms with Crippen molar-refractivity contribution >= 4 is 23.4 Å². The molecular formula is C28H36ClFN2O2. The molecule has 3 aliphatic carbocycles. The zero-order valence-corrected chi connectivity index (χ0v) is 21.2. The molecule has 184 valence electrons. The summed E-state index contributed by atoms with van der Waals surface area (Å²) in [6.45, 7) is 5.17. The van der Waals surface area contributed by atoms with Crippen LogP contribution in [0, 0.1) is 40.3 Å². The van der Waals surface area contributed by atoms with E-state index in [1.54, 1.807) is 18.2 Å². The number of likely N-dealkylation sites (N-methyl/N-ethyl adjacent to an activating group) is 1. The van der Waals surface area contributed by atoms with Gasteiger partial charge in [0.2, 0.25) is 11.8 Å². The van der Waals surface area contributed by atoms with Gasteiger partial charge in [-0.05, 0) is 91.4 Å². The van der Waals surface area contributed by atoms with Crippen LogP contribution in [-0.2, 0) is 16.1 Å². The topological polar surface area (TPSA) is 49.4 Å². The average Bonchev–Trinajstić information content (AvgIpc) is 3.13. The molecule has 7 atom stereocenters. The van der Waals surface area contributed by atoms with Gasteiger partial charge in [0.1, 0.15) is 5.82 Å². The summed E-state index contributed by atoms with van der Waals surface area (Å²) in [5.41, 5.74) is 1.06. The Morgan fingerprint density at radius 2 is 1.97 bits per heavy atom. The summed E-state index contributed by atoms with van der Waals surface area (Å²) in [5.74, 6) is 2.08. The summed E-state index contributed by atoms with van der Waals surface area (Å²) in [6.07, 6.45) is 11.4. The largest absolute Gasteiger partial charge is 0.352 e. The number of hydrogen-bond donors (Lipinski definition) is 1. The van der Waals surface area contributed by atoms with Crippen LogP contribution in [0.4, 0.5) is 4.39 Å². The van der Waals surface area contributed by atoms with Gasteiger partial charge in [0, 0.05) is 31.5 Å². The zero-order valence-electron chi connectivity index (χ0n) is 20.4. The molecular weight excluding hydrogens is 451 g/mol. The van der Waals surface area contributed by atoms with E-state index in [4.69, 9.17) is 11.6 Å². The standard InChI is InChI=1S/C28H36ClFN2O2/c1-27-12-10-21-19(6-9-24-28(21,2)13-11-26(34)32(24)3)20(27)7-5-18(27)15-25(33)31-16-17-4-8-23(30)22(29)14-17/h4,8,11,13-14,18-21,24H,5-7,9-10,12,15-16H2,1-3H3,(H,31,33)/t18-,19?,20?,21?,24?,27-,28-/m1/s1. The van der Waals surface area contributed by atoms with E-state index in [0.717, 1.165) is 24.8 Å². The van der Waals surface area contributed by atoms with Crippen molar-refractivity contribution in [1.29, 1.82) is 0 Å². The molecule has 0 spiro atoms. The zero-order chi connectivity index (χ0) is 24.3. The Hall–Kier alpha value is -1.88. The second-order valence-electron chi connectivity index (χ2n) is 11.7. The maximum Gasteiger partial charge on any atom is 0.246 e. The maximum absolute atomic E-state index is 13.4. The minimum absolute atomic E-state index is 0.0544. The Morgan fingerprint density at radius 3 is 2.74 bits per heavy atom. The first kappa shape index (κ1) is 23.8. The number of nitrogens with zero attached hydrogens (tertiary/aromatic N) is 1. The molecule has 4 nitrogen and oxygen atoms in total. The van der Waals surface area contributed by atoms with Gasteiger partial charge in [-0.15, -0.1) is 0 Å². The molecule has 1 aromatic carbocycles. The molecule has 0 aromatic heterocycles. The fourth-order valence-electron chi connectivity index (χ4n) is 8.33. The molecule has 1 heterocycles. The van der Waals surface area contributed by atoms with Crippen LogP contribution in [-0.4, -0.2) is 29.8 Å². The third kappa shape index (κ3) is 3.79. The summed E-state index contributed by atoms with van der Waals surface area (Å²) in [5, 5.41) is 3.11. The minimum Gasteiger partial charge on any atom is -0.352 e. The van der Waals surface area contributed by atoms with Crippen LogP contribution in [0.2, 0.25) is 5.02 Å². The molecule has 6 heteroatoms. The quantitative estimate of drug-likeness (QED) is 0.589. The monoisotopic (exact) mass is 486 g/mol. The Balaban J connectivity index is 1.25. The molecule has 5 rings (SSSR count). The van der Waals surface area contributed by atoms with Crippen molar-refractivity contribution in [3.63, 3.8) is 0 Å². The van der Waals surface area contributed by atoms with Crippen LogP contribution in [0.1, 0.15) is 64.4 Å². The fourth-order valence-corrected chi connectivity index (χ4v) is 8.53. The van der Waals surface area contributed by atoms with Crippen LogP contribution >= 0.6 is 11.6 Å². The number of nitrogens with one attached hydrogen (secondary N) is 1. The first-order chi connectivity index (χ1) is 16.1. The molecule has 34 heavy (non-hydrogen) atoms. The number of rotatable bonds is 4. The van der Waals surface area contributed by atoms with Crippen molar-refractivity contribution < 1.29 is 14.0 Å². The highest BCUT2D eigenvalue weighted by Gasteiger charge is 2.60. The van der Waals surface area contributed by atoms with Gasteiger partial charge >= 0.3 is 0 Å². The molecule has 4 unspecified atom stereocenters. The predicted octanol–water partition coefficient (Wildman–Crippen LogP) is 5.74. The number of halogens is 2.